The Morgan fingerprint density at radius 3 is 2.44 bits per heavy atom. The van der Waals surface area contributed by atoms with Gasteiger partial charge in [-0.25, -0.2) is 9.97 Å². The molecule has 0 radical (unpaired) electrons. The van der Waals surface area contributed by atoms with Gasteiger partial charge in [-0.2, -0.15) is 26.3 Å². The highest BCUT2D eigenvalue weighted by atomic mass is 35.5. The normalized spacial score (nSPS) is 12.5. The summed E-state index contributed by atoms with van der Waals surface area (Å²) in [5, 5.41) is -0.559. The van der Waals surface area contributed by atoms with Gasteiger partial charge in [-0.15, -0.1) is 0 Å². The van der Waals surface area contributed by atoms with Crippen LogP contribution in [-0.2, 0) is 10.2 Å². The first-order valence-corrected chi connectivity index (χ1v) is 6.35. The van der Waals surface area contributed by atoms with Crippen molar-refractivity contribution in [2.24, 2.45) is 0 Å². The minimum atomic E-state index is -4.68. The lowest BCUT2D eigenvalue weighted by molar-refractivity contribution is -0.121. The summed E-state index contributed by atoms with van der Waals surface area (Å²) in [5.74, 6) is -0.425. The summed E-state index contributed by atoms with van der Waals surface area (Å²) < 4.78 is 60.9. The molecule has 1 rings (SSSR count). The first-order valence-electron chi connectivity index (χ1n) is 4.11. The molecule has 0 bridgehead atoms. The average molecular weight is 325 g/mol. The summed E-state index contributed by atoms with van der Waals surface area (Å²) in [4.78, 5) is 6.87. The van der Waals surface area contributed by atoms with Crippen molar-refractivity contribution < 1.29 is 21.6 Å². The molecular weight excluding hydrogens is 320 g/mol. The number of hydrogen-bond acceptors (Lipinski definition) is 4. The quantitative estimate of drug-likeness (QED) is 0.824. The zero-order chi connectivity index (χ0) is 14.0. The molecule has 0 spiro atoms. The van der Waals surface area contributed by atoms with Crippen LogP contribution in [0, 0.1) is 0 Å². The van der Waals surface area contributed by atoms with Crippen LogP contribution < -0.4 is 9.44 Å². The number of nitrogens with one attached hydrogen (secondary N) is 2. The third kappa shape index (κ3) is 4.80. The van der Waals surface area contributed by atoms with Crippen LogP contribution in [0.2, 0.25) is 10.2 Å². The lowest BCUT2D eigenvalue weighted by Crippen LogP contribution is -2.37. The predicted molar refractivity (Wildman–Crippen MR) is 58.7 cm³/mol. The highest BCUT2D eigenvalue weighted by Gasteiger charge is 2.29. The molecule has 2 N–H and O–H groups in total. The monoisotopic (exact) mass is 324 g/mol. The zero-order valence-corrected chi connectivity index (χ0v) is 10.6. The second kappa shape index (κ2) is 5.43. The van der Waals surface area contributed by atoms with Crippen molar-refractivity contribution in [3.05, 3.63) is 16.5 Å². The molecule has 0 aliphatic carbocycles. The van der Waals surface area contributed by atoms with Crippen LogP contribution in [0.1, 0.15) is 0 Å². The minimum absolute atomic E-state index is 0.236. The van der Waals surface area contributed by atoms with Crippen molar-refractivity contribution in [2.45, 2.75) is 6.18 Å². The van der Waals surface area contributed by atoms with E-state index in [-0.39, 0.29) is 10.2 Å². The molecule has 1 aromatic heterocycles. The van der Waals surface area contributed by atoms with Crippen LogP contribution in [0.25, 0.3) is 0 Å². The summed E-state index contributed by atoms with van der Waals surface area (Å²) in [6, 6.07) is 0. The molecule has 0 aromatic carbocycles. The van der Waals surface area contributed by atoms with Crippen LogP contribution in [0.3, 0.4) is 0 Å². The number of hydrogen-bond donors (Lipinski definition) is 2. The van der Waals surface area contributed by atoms with Gasteiger partial charge in [0.05, 0.1) is 0 Å². The van der Waals surface area contributed by atoms with Gasteiger partial charge in [0.25, 0.3) is 0 Å². The third-order valence-corrected chi connectivity index (χ3v) is 3.17. The summed E-state index contributed by atoms with van der Waals surface area (Å²) in [7, 11) is -4.46. The fourth-order valence-corrected chi connectivity index (χ4v) is 1.93. The Labute approximate surface area is 110 Å². The molecule has 0 aliphatic heterocycles. The molecule has 0 aliphatic rings. The fraction of sp³-hybridized carbons (Fsp3) is 0.333. The lowest BCUT2D eigenvalue weighted by atomic mass is 10.6. The average Bonchev–Trinajstić information content (AvgIpc) is 2.21. The van der Waals surface area contributed by atoms with E-state index in [0.717, 1.165) is 6.33 Å². The fourth-order valence-electron chi connectivity index (χ4n) is 0.760. The summed E-state index contributed by atoms with van der Waals surface area (Å²) in [5.41, 5.74) is 0. The Morgan fingerprint density at radius 1 is 1.28 bits per heavy atom. The van der Waals surface area contributed by atoms with Gasteiger partial charge in [0.1, 0.15) is 17.9 Å². The van der Waals surface area contributed by atoms with Gasteiger partial charge in [0, 0.05) is 0 Å². The third-order valence-electron chi connectivity index (χ3n) is 1.44. The van der Waals surface area contributed by atoms with E-state index in [2.05, 4.69) is 9.97 Å². The molecule has 1 heterocycles. The Hall–Kier alpha value is -0.840. The number of rotatable bonds is 4. The SMILES string of the molecule is O=S(=O)(NCC(F)(F)F)Nc1ncnc(Cl)c1Cl. The maximum Gasteiger partial charge on any atom is 0.402 e. The molecule has 0 saturated heterocycles. The summed E-state index contributed by atoms with van der Waals surface area (Å²) in [6.45, 7) is -1.72. The number of anilines is 1. The van der Waals surface area contributed by atoms with Crippen molar-refractivity contribution in [1.29, 1.82) is 0 Å². The molecule has 12 heteroatoms. The first-order chi connectivity index (χ1) is 8.11. The standard InChI is InChI=1S/C6H5Cl2F3N4O2S/c7-3-4(8)12-2-13-5(3)15-18(16,17)14-1-6(9,10)11/h2,14H,1H2,(H,12,13,15). The molecule has 18 heavy (non-hydrogen) atoms. The molecule has 0 unspecified atom stereocenters. The van der Waals surface area contributed by atoms with Crippen molar-refractivity contribution in [2.75, 3.05) is 11.3 Å². The van der Waals surface area contributed by atoms with E-state index in [0.29, 0.717) is 0 Å². The Morgan fingerprint density at radius 2 is 1.89 bits per heavy atom. The summed E-state index contributed by atoms with van der Waals surface area (Å²) >= 11 is 11.0. The van der Waals surface area contributed by atoms with Gasteiger partial charge in [-0.3, -0.25) is 4.72 Å². The topological polar surface area (TPSA) is 84.0 Å². The molecule has 0 fully saturated rings. The molecule has 0 atom stereocenters. The molecule has 6 nitrogen and oxygen atoms in total. The smallest absolute Gasteiger partial charge is 0.253 e. The zero-order valence-electron chi connectivity index (χ0n) is 8.29. The van der Waals surface area contributed by atoms with Crippen molar-refractivity contribution >= 4 is 39.2 Å². The number of halogens is 5. The second-order valence-corrected chi connectivity index (χ2v) is 5.10. The number of alkyl halides is 3. The predicted octanol–water partition coefficient (Wildman–Crippen LogP) is 1.59. The van der Waals surface area contributed by atoms with Crippen LogP contribution in [0.4, 0.5) is 19.0 Å². The van der Waals surface area contributed by atoms with Gasteiger partial charge in [-0.1, -0.05) is 23.2 Å². The van der Waals surface area contributed by atoms with E-state index in [1.807, 2.05) is 0 Å². The minimum Gasteiger partial charge on any atom is -0.253 e. The Bertz CT molecular complexity index is 536. The van der Waals surface area contributed by atoms with Gasteiger partial charge < -0.3 is 0 Å². The van der Waals surface area contributed by atoms with E-state index in [1.54, 1.807) is 4.72 Å². The lowest BCUT2D eigenvalue weighted by Gasteiger charge is -2.11. The molecule has 0 amide bonds. The van der Waals surface area contributed by atoms with Gasteiger partial charge >= 0.3 is 16.4 Å². The first kappa shape index (κ1) is 15.2. The Kier molecular flexibility index (Phi) is 4.59. The van der Waals surface area contributed by atoms with Crippen molar-refractivity contribution in [1.82, 2.24) is 14.7 Å². The van der Waals surface area contributed by atoms with Crippen LogP contribution >= 0.6 is 23.2 Å². The highest BCUT2D eigenvalue weighted by molar-refractivity contribution is 7.90. The van der Waals surface area contributed by atoms with Gasteiger partial charge in [0.15, 0.2) is 11.0 Å². The molecule has 1 aromatic rings. The van der Waals surface area contributed by atoms with Gasteiger partial charge in [0.2, 0.25) is 0 Å². The van der Waals surface area contributed by atoms with Crippen LogP contribution in [0.15, 0.2) is 6.33 Å². The summed E-state index contributed by atoms with van der Waals surface area (Å²) in [6.07, 6.45) is -3.78. The largest absolute Gasteiger partial charge is 0.402 e. The van der Waals surface area contributed by atoms with Crippen LogP contribution in [-0.4, -0.2) is 31.1 Å². The maximum absolute atomic E-state index is 11.8. The number of nitrogens with zero attached hydrogens (tertiary/aromatic N) is 2. The van der Waals surface area contributed by atoms with Gasteiger partial charge in [-0.05, 0) is 0 Å². The molecule has 102 valence electrons. The van der Waals surface area contributed by atoms with Crippen LogP contribution in [0.5, 0.6) is 0 Å². The van der Waals surface area contributed by atoms with E-state index < -0.39 is 28.7 Å². The second-order valence-electron chi connectivity index (χ2n) is 2.87. The molecular formula is C6H5Cl2F3N4O2S. The van der Waals surface area contributed by atoms with Crippen molar-refractivity contribution in [3.8, 4) is 0 Å². The van der Waals surface area contributed by atoms with E-state index in [9.17, 15) is 21.6 Å². The molecule has 0 saturated carbocycles. The maximum atomic E-state index is 11.8. The van der Waals surface area contributed by atoms with E-state index >= 15 is 0 Å². The van der Waals surface area contributed by atoms with E-state index in [4.69, 9.17) is 23.2 Å². The van der Waals surface area contributed by atoms with E-state index in [1.165, 1.54) is 4.72 Å². The highest BCUT2D eigenvalue weighted by Crippen LogP contribution is 2.25. The Balaban J connectivity index is 2.80. The number of aromatic nitrogens is 2. The van der Waals surface area contributed by atoms with Crippen molar-refractivity contribution in [3.63, 3.8) is 0 Å².